The summed E-state index contributed by atoms with van der Waals surface area (Å²) in [4.78, 5) is 16.6. The van der Waals surface area contributed by atoms with E-state index in [1.165, 1.54) is 17.7 Å². The minimum absolute atomic E-state index is 0.0210. The standard InChI is InChI=1S/C23H30FN3O/c1-26(23(28)25-16-20-6-3-2-4-7-20)17-21-8-5-14-27(18-21)15-13-19-9-11-22(24)12-10-19/h2-4,6-7,9-12,21H,5,8,13-18H2,1H3,(H,25,28). The number of nitrogens with one attached hydrogen (secondary N) is 1. The lowest BCUT2D eigenvalue weighted by Gasteiger charge is -2.34. The third-order valence-corrected chi connectivity index (χ3v) is 5.40. The number of halogens is 1. The Morgan fingerprint density at radius 3 is 2.64 bits per heavy atom. The quantitative estimate of drug-likeness (QED) is 0.787. The van der Waals surface area contributed by atoms with Crippen LogP contribution in [0.5, 0.6) is 0 Å². The highest BCUT2D eigenvalue weighted by atomic mass is 19.1. The zero-order valence-corrected chi connectivity index (χ0v) is 16.6. The van der Waals surface area contributed by atoms with Crippen molar-refractivity contribution in [3.05, 3.63) is 71.5 Å². The SMILES string of the molecule is CN(CC1CCCN(CCc2ccc(F)cc2)C1)C(=O)NCc1ccccc1. The van der Waals surface area contributed by atoms with E-state index in [9.17, 15) is 9.18 Å². The molecule has 1 aliphatic heterocycles. The van der Waals surface area contributed by atoms with Crippen molar-refractivity contribution in [1.82, 2.24) is 15.1 Å². The third-order valence-electron chi connectivity index (χ3n) is 5.40. The number of nitrogens with zero attached hydrogens (tertiary/aromatic N) is 2. The van der Waals surface area contributed by atoms with Crippen molar-refractivity contribution in [3.63, 3.8) is 0 Å². The number of amides is 2. The van der Waals surface area contributed by atoms with Gasteiger partial charge < -0.3 is 15.1 Å². The average Bonchev–Trinajstić information content (AvgIpc) is 2.72. The summed E-state index contributed by atoms with van der Waals surface area (Å²) in [6.07, 6.45) is 3.25. The molecule has 28 heavy (non-hydrogen) atoms. The maximum absolute atomic E-state index is 13.0. The van der Waals surface area contributed by atoms with E-state index >= 15 is 0 Å². The van der Waals surface area contributed by atoms with Gasteiger partial charge in [-0.1, -0.05) is 42.5 Å². The molecule has 1 heterocycles. The van der Waals surface area contributed by atoms with Crippen molar-refractivity contribution >= 4 is 6.03 Å². The largest absolute Gasteiger partial charge is 0.334 e. The van der Waals surface area contributed by atoms with Crippen LogP contribution in [0.4, 0.5) is 9.18 Å². The molecule has 1 aliphatic rings. The predicted molar refractivity (Wildman–Crippen MR) is 111 cm³/mol. The molecule has 0 spiro atoms. The molecule has 1 atom stereocenters. The van der Waals surface area contributed by atoms with E-state index in [-0.39, 0.29) is 11.8 Å². The van der Waals surface area contributed by atoms with E-state index in [1.807, 2.05) is 49.5 Å². The van der Waals surface area contributed by atoms with Gasteiger partial charge in [-0.15, -0.1) is 0 Å². The molecule has 150 valence electrons. The number of carbonyl (C=O) groups is 1. The molecule has 4 nitrogen and oxygen atoms in total. The van der Waals surface area contributed by atoms with Gasteiger partial charge in [0.25, 0.3) is 0 Å². The Morgan fingerprint density at radius 2 is 1.89 bits per heavy atom. The number of likely N-dealkylation sites (tertiary alicyclic amines) is 1. The summed E-state index contributed by atoms with van der Waals surface area (Å²) in [5, 5.41) is 2.99. The van der Waals surface area contributed by atoms with Crippen LogP contribution < -0.4 is 5.32 Å². The van der Waals surface area contributed by atoms with E-state index in [1.54, 1.807) is 4.90 Å². The lowest BCUT2D eigenvalue weighted by molar-refractivity contribution is 0.146. The van der Waals surface area contributed by atoms with E-state index in [2.05, 4.69) is 10.2 Å². The van der Waals surface area contributed by atoms with E-state index in [4.69, 9.17) is 0 Å². The Balaban J connectivity index is 1.40. The summed E-state index contributed by atoms with van der Waals surface area (Å²) < 4.78 is 13.0. The number of hydrogen-bond donors (Lipinski definition) is 1. The fraction of sp³-hybridized carbons (Fsp3) is 0.435. The molecule has 1 saturated heterocycles. The van der Waals surface area contributed by atoms with Crippen molar-refractivity contribution < 1.29 is 9.18 Å². The minimum atomic E-state index is -0.185. The summed E-state index contributed by atoms with van der Waals surface area (Å²) in [5.74, 6) is 0.310. The first-order valence-electron chi connectivity index (χ1n) is 10.1. The Bertz CT molecular complexity index is 735. The summed E-state index contributed by atoms with van der Waals surface area (Å²) >= 11 is 0. The number of urea groups is 1. The van der Waals surface area contributed by atoms with E-state index < -0.39 is 0 Å². The molecule has 2 aromatic carbocycles. The molecular weight excluding hydrogens is 353 g/mol. The molecule has 1 N–H and O–H groups in total. The Morgan fingerprint density at radius 1 is 1.14 bits per heavy atom. The first-order valence-corrected chi connectivity index (χ1v) is 10.1. The number of carbonyl (C=O) groups excluding carboxylic acids is 1. The number of benzene rings is 2. The maximum Gasteiger partial charge on any atom is 0.317 e. The van der Waals surface area contributed by atoms with Gasteiger partial charge >= 0.3 is 6.03 Å². The van der Waals surface area contributed by atoms with Gasteiger partial charge in [-0.2, -0.15) is 0 Å². The van der Waals surface area contributed by atoms with Gasteiger partial charge in [0.15, 0.2) is 0 Å². The maximum atomic E-state index is 13.0. The van der Waals surface area contributed by atoms with Crippen LogP contribution in [0.2, 0.25) is 0 Å². The van der Waals surface area contributed by atoms with Crippen molar-refractivity contribution in [2.24, 2.45) is 5.92 Å². The summed E-state index contributed by atoms with van der Waals surface area (Å²) in [7, 11) is 1.87. The van der Waals surface area contributed by atoms with Gasteiger partial charge in [0.1, 0.15) is 5.82 Å². The lowest BCUT2D eigenvalue weighted by atomic mass is 9.97. The molecule has 0 bridgehead atoms. The summed E-state index contributed by atoms with van der Waals surface area (Å²) in [6, 6.07) is 16.7. The third kappa shape index (κ3) is 6.34. The van der Waals surface area contributed by atoms with Gasteiger partial charge in [0.05, 0.1) is 0 Å². The molecule has 2 amide bonds. The van der Waals surface area contributed by atoms with Crippen LogP contribution in [0.25, 0.3) is 0 Å². The van der Waals surface area contributed by atoms with Crippen LogP contribution in [0.15, 0.2) is 54.6 Å². The second-order valence-corrected chi connectivity index (χ2v) is 7.71. The first kappa shape index (κ1) is 20.3. The topological polar surface area (TPSA) is 35.6 Å². The van der Waals surface area contributed by atoms with Gasteiger partial charge in [0, 0.05) is 33.2 Å². The molecule has 0 radical (unpaired) electrons. The van der Waals surface area contributed by atoms with Crippen LogP contribution in [-0.4, -0.2) is 49.1 Å². The van der Waals surface area contributed by atoms with Gasteiger partial charge in [-0.3, -0.25) is 0 Å². The fourth-order valence-corrected chi connectivity index (χ4v) is 3.82. The van der Waals surface area contributed by atoms with Crippen molar-refractivity contribution in [2.75, 3.05) is 33.2 Å². The lowest BCUT2D eigenvalue weighted by Crippen LogP contribution is -2.44. The van der Waals surface area contributed by atoms with Crippen molar-refractivity contribution in [2.45, 2.75) is 25.8 Å². The average molecular weight is 384 g/mol. The molecule has 0 saturated carbocycles. The zero-order valence-electron chi connectivity index (χ0n) is 16.6. The Labute approximate surface area is 167 Å². The van der Waals surface area contributed by atoms with Crippen molar-refractivity contribution in [1.29, 1.82) is 0 Å². The number of rotatable bonds is 7. The molecule has 0 aliphatic carbocycles. The molecule has 3 rings (SSSR count). The molecule has 5 heteroatoms. The van der Waals surface area contributed by atoms with Gasteiger partial charge in [0.2, 0.25) is 0 Å². The normalized spacial score (nSPS) is 17.3. The van der Waals surface area contributed by atoms with Crippen LogP contribution in [0, 0.1) is 11.7 Å². The summed E-state index contributed by atoms with van der Waals surface area (Å²) in [6.45, 7) is 4.41. The zero-order chi connectivity index (χ0) is 19.8. The predicted octanol–water partition coefficient (Wildman–Crippen LogP) is 3.92. The van der Waals surface area contributed by atoms with E-state index in [0.717, 1.165) is 51.0 Å². The Hall–Kier alpha value is -2.40. The monoisotopic (exact) mass is 383 g/mol. The smallest absolute Gasteiger partial charge is 0.317 e. The molecule has 1 unspecified atom stereocenters. The second kappa shape index (κ2) is 10.2. The summed E-state index contributed by atoms with van der Waals surface area (Å²) in [5.41, 5.74) is 2.27. The second-order valence-electron chi connectivity index (χ2n) is 7.71. The number of hydrogen-bond acceptors (Lipinski definition) is 2. The van der Waals surface area contributed by atoms with Crippen LogP contribution in [0.3, 0.4) is 0 Å². The van der Waals surface area contributed by atoms with Crippen LogP contribution in [0.1, 0.15) is 24.0 Å². The molecule has 1 fully saturated rings. The van der Waals surface area contributed by atoms with E-state index in [0.29, 0.717) is 12.5 Å². The highest BCUT2D eigenvalue weighted by Gasteiger charge is 2.22. The Kier molecular flexibility index (Phi) is 7.43. The molecule has 2 aromatic rings. The molecular formula is C23H30FN3O. The minimum Gasteiger partial charge on any atom is -0.334 e. The molecule has 0 aromatic heterocycles. The van der Waals surface area contributed by atoms with Gasteiger partial charge in [-0.05, 0) is 55.0 Å². The highest BCUT2D eigenvalue weighted by Crippen LogP contribution is 2.18. The van der Waals surface area contributed by atoms with Gasteiger partial charge in [-0.25, -0.2) is 9.18 Å². The number of piperidine rings is 1. The van der Waals surface area contributed by atoms with Crippen molar-refractivity contribution in [3.8, 4) is 0 Å². The highest BCUT2D eigenvalue weighted by molar-refractivity contribution is 5.73. The van der Waals surface area contributed by atoms with Crippen LogP contribution >= 0.6 is 0 Å². The van der Waals surface area contributed by atoms with Crippen LogP contribution in [-0.2, 0) is 13.0 Å². The first-order chi connectivity index (χ1) is 13.6. The fourth-order valence-electron chi connectivity index (χ4n) is 3.82.